The highest BCUT2D eigenvalue weighted by molar-refractivity contribution is 5.96. The number of benzene rings is 3. The fraction of sp³-hybridized carbons (Fsp3) is 0.321. The molecular weight excluding hydrogens is 455 g/mol. The lowest BCUT2D eigenvalue weighted by Crippen LogP contribution is -2.50. The number of hydrogen-bond donors (Lipinski definition) is 2. The maximum atomic E-state index is 13.6. The molecule has 35 heavy (non-hydrogen) atoms. The number of ketones is 1. The molecule has 0 bridgehead atoms. The topological polar surface area (TPSA) is 60.8 Å². The van der Waals surface area contributed by atoms with E-state index in [1.807, 2.05) is 4.90 Å². The summed E-state index contributed by atoms with van der Waals surface area (Å²) in [7, 11) is 0. The van der Waals surface area contributed by atoms with Crippen LogP contribution in [0.5, 0.6) is 0 Å². The van der Waals surface area contributed by atoms with Crippen molar-refractivity contribution in [2.45, 2.75) is 36.8 Å². The van der Waals surface area contributed by atoms with Gasteiger partial charge in [-0.15, -0.1) is 0 Å². The summed E-state index contributed by atoms with van der Waals surface area (Å²) in [6.07, 6.45) is 0.787. The maximum absolute atomic E-state index is 13.6. The average Bonchev–Trinajstić information content (AvgIpc) is 2.86. The van der Waals surface area contributed by atoms with Gasteiger partial charge < -0.3 is 10.2 Å². The Bertz CT molecular complexity index is 1130. The highest BCUT2D eigenvalue weighted by Gasteiger charge is 2.38. The molecule has 0 amide bonds. The Morgan fingerprint density at radius 3 is 1.83 bits per heavy atom. The standard InChI is InChI=1S/C28H28F3NO3/c29-22-7-1-19(2-8-22)25(17-27(34)20-3-9-23(30)10-4-20)26(18-33)32-15-13-28(35,14-16-32)21-5-11-24(31)12-6-21/h1-12,25-26,33,35H,13-18H2. The van der Waals surface area contributed by atoms with Crippen LogP contribution in [-0.2, 0) is 5.60 Å². The van der Waals surface area contributed by atoms with Crippen molar-refractivity contribution in [3.05, 3.63) is 107 Å². The largest absolute Gasteiger partial charge is 0.395 e. The van der Waals surface area contributed by atoms with Crippen molar-refractivity contribution in [1.29, 1.82) is 0 Å². The highest BCUT2D eigenvalue weighted by atomic mass is 19.1. The summed E-state index contributed by atoms with van der Waals surface area (Å²) in [5.41, 5.74) is 0.597. The van der Waals surface area contributed by atoms with Crippen molar-refractivity contribution in [1.82, 2.24) is 4.90 Å². The van der Waals surface area contributed by atoms with Crippen molar-refractivity contribution in [3.63, 3.8) is 0 Å². The maximum Gasteiger partial charge on any atom is 0.163 e. The van der Waals surface area contributed by atoms with Crippen LogP contribution < -0.4 is 0 Å². The molecule has 0 radical (unpaired) electrons. The van der Waals surface area contributed by atoms with Gasteiger partial charge in [-0.2, -0.15) is 0 Å². The molecule has 2 atom stereocenters. The third kappa shape index (κ3) is 5.81. The van der Waals surface area contributed by atoms with E-state index in [-0.39, 0.29) is 24.6 Å². The smallest absolute Gasteiger partial charge is 0.163 e. The monoisotopic (exact) mass is 483 g/mol. The molecule has 0 saturated carbocycles. The lowest BCUT2D eigenvalue weighted by Gasteiger charge is -2.44. The first-order valence-corrected chi connectivity index (χ1v) is 11.7. The van der Waals surface area contributed by atoms with Crippen LogP contribution in [0.1, 0.15) is 46.7 Å². The van der Waals surface area contributed by atoms with Gasteiger partial charge in [0, 0.05) is 37.0 Å². The Balaban J connectivity index is 1.55. The SMILES string of the molecule is O=C(CC(c1ccc(F)cc1)C(CO)N1CCC(O)(c2ccc(F)cc2)CC1)c1ccc(F)cc1. The lowest BCUT2D eigenvalue weighted by atomic mass is 9.81. The minimum absolute atomic E-state index is 0.0429. The molecule has 184 valence electrons. The van der Waals surface area contributed by atoms with E-state index in [0.717, 1.165) is 0 Å². The van der Waals surface area contributed by atoms with E-state index in [4.69, 9.17) is 0 Å². The third-order valence-electron chi connectivity index (χ3n) is 7.00. The molecule has 1 heterocycles. The summed E-state index contributed by atoms with van der Waals surface area (Å²) in [6.45, 7) is 0.650. The summed E-state index contributed by atoms with van der Waals surface area (Å²) in [5.74, 6) is -1.87. The normalized spacial score (nSPS) is 17.6. The van der Waals surface area contributed by atoms with Crippen LogP contribution in [0.25, 0.3) is 0 Å². The summed E-state index contributed by atoms with van der Waals surface area (Å²) in [4.78, 5) is 15.1. The molecule has 3 aromatic rings. The molecule has 4 nitrogen and oxygen atoms in total. The van der Waals surface area contributed by atoms with Crippen LogP contribution in [0.3, 0.4) is 0 Å². The number of carbonyl (C=O) groups excluding carboxylic acids is 1. The van der Waals surface area contributed by atoms with Gasteiger partial charge in [-0.25, -0.2) is 13.2 Å². The van der Waals surface area contributed by atoms with Crippen molar-refractivity contribution >= 4 is 5.78 Å². The molecule has 2 unspecified atom stereocenters. The second-order valence-electron chi connectivity index (χ2n) is 9.12. The molecule has 1 aliphatic rings. The molecule has 2 N–H and O–H groups in total. The second-order valence-corrected chi connectivity index (χ2v) is 9.12. The van der Waals surface area contributed by atoms with Crippen LogP contribution in [0.4, 0.5) is 13.2 Å². The summed E-state index contributed by atoms with van der Waals surface area (Å²) >= 11 is 0. The zero-order valence-corrected chi connectivity index (χ0v) is 19.2. The minimum Gasteiger partial charge on any atom is -0.395 e. The van der Waals surface area contributed by atoms with E-state index < -0.39 is 29.2 Å². The first-order chi connectivity index (χ1) is 16.8. The van der Waals surface area contributed by atoms with E-state index in [9.17, 15) is 28.2 Å². The second kappa shape index (κ2) is 10.7. The number of piperidine rings is 1. The molecule has 1 aliphatic heterocycles. The number of Topliss-reactive ketones (excluding diaryl/α,β-unsaturated/α-hetero) is 1. The molecule has 3 aromatic carbocycles. The van der Waals surface area contributed by atoms with E-state index in [1.54, 1.807) is 24.3 Å². The Labute approximate surface area is 202 Å². The fourth-order valence-corrected chi connectivity index (χ4v) is 4.91. The highest BCUT2D eigenvalue weighted by Crippen LogP contribution is 2.36. The van der Waals surface area contributed by atoms with Gasteiger partial charge in [0.25, 0.3) is 0 Å². The van der Waals surface area contributed by atoms with Crippen molar-refractivity contribution in [2.24, 2.45) is 0 Å². The van der Waals surface area contributed by atoms with Crippen LogP contribution in [-0.4, -0.2) is 46.6 Å². The third-order valence-corrected chi connectivity index (χ3v) is 7.00. The van der Waals surface area contributed by atoms with Crippen molar-refractivity contribution < 1.29 is 28.2 Å². The van der Waals surface area contributed by atoms with Gasteiger partial charge in [-0.1, -0.05) is 24.3 Å². The zero-order valence-electron chi connectivity index (χ0n) is 19.2. The molecule has 0 aliphatic carbocycles. The molecule has 7 heteroatoms. The summed E-state index contributed by atoms with van der Waals surface area (Å²) in [6, 6.07) is 16.5. The van der Waals surface area contributed by atoms with Gasteiger partial charge in [0.05, 0.1) is 12.2 Å². The zero-order chi connectivity index (χ0) is 25.0. The average molecular weight is 484 g/mol. The van der Waals surface area contributed by atoms with Crippen LogP contribution in [0.2, 0.25) is 0 Å². The van der Waals surface area contributed by atoms with E-state index in [2.05, 4.69) is 0 Å². The van der Waals surface area contributed by atoms with Gasteiger partial charge in [0.2, 0.25) is 0 Å². The van der Waals surface area contributed by atoms with Gasteiger partial charge >= 0.3 is 0 Å². The Hall–Kier alpha value is -3.00. The number of nitrogens with zero attached hydrogens (tertiary/aromatic N) is 1. The summed E-state index contributed by atoms with van der Waals surface area (Å²) in [5, 5.41) is 21.6. The number of halogens is 3. The number of likely N-dealkylation sites (tertiary alicyclic amines) is 1. The van der Waals surface area contributed by atoms with Crippen LogP contribution in [0.15, 0.2) is 72.8 Å². The molecule has 1 saturated heterocycles. The molecule has 4 rings (SSSR count). The van der Waals surface area contributed by atoms with Crippen molar-refractivity contribution in [2.75, 3.05) is 19.7 Å². The number of aliphatic hydroxyl groups is 2. The van der Waals surface area contributed by atoms with Gasteiger partial charge in [-0.05, 0) is 72.5 Å². The van der Waals surface area contributed by atoms with Gasteiger partial charge in [0.1, 0.15) is 17.5 Å². The molecule has 0 spiro atoms. The van der Waals surface area contributed by atoms with E-state index in [1.165, 1.54) is 48.5 Å². The first kappa shape index (κ1) is 25.1. The molecular formula is C28H28F3NO3. The van der Waals surface area contributed by atoms with Gasteiger partial charge in [0.15, 0.2) is 5.78 Å². The first-order valence-electron chi connectivity index (χ1n) is 11.7. The number of carbonyl (C=O) groups is 1. The molecule has 1 fully saturated rings. The number of rotatable bonds is 8. The van der Waals surface area contributed by atoms with Crippen molar-refractivity contribution in [3.8, 4) is 0 Å². The predicted octanol–water partition coefficient (Wildman–Crippen LogP) is 4.81. The molecule has 0 aromatic heterocycles. The lowest BCUT2D eigenvalue weighted by molar-refractivity contribution is -0.0449. The number of aliphatic hydroxyl groups excluding tert-OH is 1. The number of hydrogen-bond acceptors (Lipinski definition) is 4. The Morgan fingerprint density at radius 1 is 0.829 bits per heavy atom. The van der Waals surface area contributed by atoms with Crippen LogP contribution >= 0.6 is 0 Å². The Kier molecular flexibility index (Phi) is 7.69. The Morgan fingerprint density at radius 2 is 1.31 bits per heavy atom. The van der Waals surface area contributed by atoms with E-state index >= 15 is 0 Å². The van der Waals surface area contributed by atoms with Crippen LogP contribution in [0, 0.1) is 17.5 Å². The van der Waals surface area contributed by atoms with Gasteiger partial charge in [-0.3, -0.25) is 9.69 Å². The predicted molar refractivity (Wildman–Crippen MR) is 126 cm³/mol. The van der Waals surface area contributed by atoms with E-state index in [0.29, 0.717) is 42.6 Å². The fourth-order valence-electron chi connectivity index (χ4n) is 4.91. The minimum atomic E-state index is -1.11. The quantitative estimate of drug-likeness (QED) is 0.452. The summed E-state index contributed by atoms with van der Waals surface area (Å²) < 4.78 is 40.3.